The van der Waals surface area contributed by atoms with Gasteiger partial charge in [0.25, 0.3) is 0 Å². The molecule has 1 atom stereocenters. The van der Waals surface area contributed by atoms with Gasteiger partial charge in [-0.15, -0.1) is 17.4 Å². The van der Waals surface area contributed by atoms with E-state index in [1.165, 1.54) is 11.0 Å². The topological polar surface area (TPSA) is 98.7 Å². The number of para-hydroxylation sites is 2. The van der Waals surface area contributed by atoms with Crippen LogP contribution in [-0.4, -0.2) is 32.2 Å². The number of nitrogens with two attached hydrogens (primary N) is 1. The maximum Gasteiger partial charge on any atom is 0.242 e. The average molecular weight is 256 g/mol. The lowest BCUT2D eigenvalue weighted by molar-refractivity contribution is -0.117. The molecule has 2 aromatic rings. The molecule has 96 valence electrons. The van der Waals surface area contributed by atoms with Crippen molar-refractivity contribution in [1.82, 2.24) is 20.2 Å². The Kier molecular flexibility index (Phi) is 3.85. The van der Waals surface area contributed by atoms with E-state index >= 15 is 0 Å². The minimum absolute atomic E-state index is 0.179. The summed E-state index contributed by atoms with van der Waals surface area (Å²) >= 11 is 0. The van der Waals surface area contributed by atoms with Crippen LogP contribution in [0.1, 0.15) is 6.42 Å². The molecule has 0 saturated carbocycles. The van der Waals surface area contributed by atoms with Crippen molar-refractivity contribution in [3.05, 3.63) is 30.6 Å². The highest BCUT2D eigenvalue weighted by atomic mass is 16.2. The van der Waals surface area contributed by atoms with Crippen molar-refractivity contribution in [3.63, 3.8) is 0 Å². The molecule has 7 heteroatoms. The van der Waals surface area contributed by atoms with Gasteiger partial charge in [0.05, 0.1) is 17.4 Å². The highest BCUT2D eigenvalue weighted by Gasteiger charge is 2.14. The van der Waals surface area contributed by atoms with Crippen molar-refractivity contribution in [2.45, 2.75) is 12.5 Å². The Morgan fingerprint density at radius 3 is 3.00 bits per heavy atom. The van der Waals surface area contributed by atoms with Gasteiger partial charge in [0.15, 0.2) is 0 Å². The Hall–Kier alpha value is -2.72. The highest BCUT2D eigenvalue weighted by molar-refractivity contribution is 5.96. The van der Waals surface area contributed by atoms with Crippen molar-refractivity contribution in [2.75, 3.05) is 5.32 Å². The lowest BCUT2D eigenvalue weighted by Gasteiger charge is -2.12. The van der Waals surface area contributed by atoms with Crippen LogP contribution in [0.5, 0.6) is 0 Å². The quantitative estimate of drug-likeness (QED) is 0.747. The van der Waals surface area contributed by atoms with Gasteiger partial charge in [0.1, 0.15) is 6.33 Å². The zero-order valence-electron chi connectivity index (χ0n) is 10.0. The smallest absolute Gasteiger partial charge is 0.242 e. The number of carbonyl (C=O) groups is 1. The van der Waals surface area contributed by atoms with E-state index in [0.29, 0.717) is 11.4 Å². The first-order valence-corrected chi connectivity index (χ1v) is 5.54. The van der Waals surface area contributed by atoms with E-state index < -0.39 is 6.04 Å². The number of aromatic nitrogens is 4. The number of terminal acetylenes is 1. The zero-order valence-corrected chi connectivity index (χ0v) is 10.0. The third-order valence-corrected chi connectivity index (χ3v) is 2.43. The summed E-state index contributed by atoms with van der Waals surface area (Å²) in [6.07, 6.45) is 6.74. The van der Waals surface area contributed by atoms with Crippen molar-refractivity contribution in [3.8, 4) is 18.0 Å². The van der Waals surface area contributed by atoms with Gasteiger partial charge in [-0.1, -0.05) is 12.1 Å². The molecule has 1 heterocycles. The summed E-state index contributed by atoms with van der Waals surface area (Å²) in [7, 11) is 0. The van der Waals surface area contributed by atoms with Crippen molar-refractivity contribution in [1.29, 1.82) is 0 Å². The molecule has 0 saturated heterocycles. The Bertz CT molecular complexity index is 601. The fourth-order valence-corrected chi connectivity index (χ4v) is 1.50. The summed E-state index contributed by atoms with van der Waals surface area (Å²) < 4.78 is 1.45. The Balaban J connectivity index is 2.22. The summed E-state index contributed by atoms with van der Waals surface area (Å²) in [5.74, 6) is 2.00. The second-order valence-corrected chi connectivity index (χ2v) is 3.78. The molecule has 0 spiro atoms. The number of tetrazole rings is 1. The maximum atomic E-state index is 11.8. The van der Waals surface area contributed by atoms with Gasteiger partial charge in [0.2, 0.25) is 5.91 Å². The van der Waals surface area contributed by atoms with Gasteiger partial charge >= 0.3 is 0 Å². The van der Waals surface area contributed by atoms with Crippen LogP contribution in [0.4, 0.5) is 5.69 Å². The van der Waals surface area contributed by atoms with Crippen LogP contribution >= 0.6 is 0 Å². The molecule has 19 heavy (non-hydrogen) atoms. The van der Waals surface area contributed by atoms with Gasteiger partial charge in [-0.25, -0.2) is 0 Å². The Morgan fingerprint density at radius 1 is 1.53 bits per heavy atom. The summed E-state index contributed by atoms with van der Waals surface area (Å²) in [5.41, 5.74) is 6.85. The maximum absolute atomic E-state index is 11.8. The molecule has 0 aliphatic carbocycles. The minimum atomic E-state index is -0.744. The summed E-state index contributed by atoms with van der Waals surface area (Å²) in [6, 6.07) is 6.37. The second kappa shape index (κ2) is 5.75. The number of carbonyl (C=O) groups excluding carboxylic acids is 1. The largest absolute Gasteiger partial charge is 0.323 e. The molecule has 1 unspecified atom stereocenters. The molecule has 2 rings (SSSR count). The average Bonchev–Trinajstić information content (AvgIpc) is 2.93. The predicted molar refractivity (Wildman–Crippen MR) is 69.2 cm³/mol. The van der Waals surface area contributed by atoms with Crippen molar-refractivity contribution < 1.29 is 4.79 Å². The van der Waals surface area contributed by atoms with E-state index in [1.54, 1.807) is 18.2 Å². The van der Waals surface area contributed by atoms with Crippen LogP contribution in [0, 0.1) is 12.3 Å². The molecule has 3 N–H and O–H groups in total. The number of benzene rings is 1. The third-order valence-electron chi connectivity index (χ3n) is 2.43. The third kappa shape index (κ3) is 2.94. The van der Waals surface area contributed by atoms with Crippen LogP contribution in [0.15, 0.2) is 30.6 Å². The Labute approximate surface area is 109 Å². The highest BCUT2D eigenvalue weighted by Crippen LogP contribution is 2.18. The molecule has 1 aromatic carbocycles. The first kappa shape index (κ1) is 12.7. The van der Waals surface area contributed by atoms with E-state index in [1.807, 2.05) is 6.07 Å². The molecular weight excluding hydrogens is 244 g/mol. The van der Waals surface area contributed by atoms with E-state index in [2.05, 4.69) is 26.8 Å². The molecule has 0 fully saturated rings. The van der Waals surface area contributed by atoms with Crippen molar-refractivity contribution >= 4 is 11.6 Å². The van der Waals surface area contributed by atoms with E-state index in [0.717, 1.165) is 0 Å². The summed E-state index contributed by atoms with van der Waals surface area (Å²) in [5, 5.41) is 13.6. The van der Waals surface area contributed by atoms with Crippen LogP contribution < -0.4 is 11.1 Å². The first-order valence-electron chi connectivity index (χ1n) is 5.54. The molecule has 0 aliphatic rings. The fourth-order valence-electron chi connectivity index (χ4n) is 1.50. The van der Waals surface area contributed by atoms with Crippen LogP contribution in [-0.2, 0) is 4.79 Å². The fraction of sp³-hybridized carbons (Fsp3) is 0.167. The molecule has 0 radical (unpaired) electrons. The predicted octanol–water partition coefficient (Wildman–Crippen LogP) is -0.0486. The van der Waals surface area contributed by atoms with E-state index in [-0.39, 0.29) is 12.3 Å². The molecule has 0 aliphatic heterocycles. The van der Waals surface area contributed by atoms with Gasteiger partial charge < -0.3 is 11.1 Å². The molecule has 0 bridgehead atoms. The first-order chi connectivity index (χ1) is 9.22. The van der Waals surface area contributed by atoms with E-state index in [9.17, 15) is 4.79 Å². The van der Waals surface area contributed by atoms with Crippen LogP contribution in [0.3, 0.4) is 0 Å². The van der Waals surface area contributed by atoms with E-state index in [4.69, 9.17) is 12.2 Å². The molecule has 7 nitrogen and oxygen atoms in total. The van der Waals surface area contributed by atoms with Crippen molar-refractivity contribution in [2.24, 2.45) is 5.73 Å². The molecule has 1 aromatic heterocycles. The number of amides is 1. The summed E-state index contributed by atoms with van der Waals surface area (Å²) in [6.45, 7) is 0. The monoisotopic (exact) mass is 256 g/mol. The number of nitrogens with one attached hydrogen (secondary N) is 1. The Morgan fingerprint density at radius 2 is 2.32 bits per heavy atom. The molecule has 1 amide bonds. The molecular formula is C12H12N6O. The lowest BCUT2D eigenvalue weighted by Crippen LogP contribution is -2.35. The van der Waals surface area contributed by atoms with Crippen LogP contribution in [0.2, 0.25) is 0 Å². The second-order valence-electron chi connectivity index (χ2n) is 3.78. The lowest BCUT2D eigenvalue weighted by atomic mass is 10.2. The number of rotatable bonds is 4. The van der Waals surface area contributed by atoms with Gasteiger partial charge in [-0.2, -0.15) is 4.68 Å². The number of hydrogen-bond donors (Lipinski definition) is 2. The normalized spacial score (nSPS) is 11.6. The number of nitrogens with zero attached hydrogens (tertiary/aromatic N) is 4. The number of hydrogen-bond acceptors (Lipinski definition) is 5. The van der Waals surface area contributed by atoms with Gasteiger partial charge in [-0.3, -0.25) is 4.79 Å². The van der Waals surface area contributed by atoms with Gasteiger partial charge in [-0.05, 0) is 22.6 Å². The summed E-state index contributed by atoms with van der Waals surface area (Å²) in [4.78, 5) is 11.8. The standard InChI is InChI=1S/C12H12N6O/c1-2-5-9(13)12(19)15-10-6-3-4-7-11(10)18-8-14-16-17-18/h1,3-4,6-9H,5,13H2,(H,15,19). The minimum Gasteiger partial charge on any atom is -0.323 e. The zero-order chi connectivity index (χ0) is 13.7. The SMILES string of the molecule is C#CCC(N)C(=O)Nc1ccccc1-n1cnnn1. The van der Waals surface area contributed by atoms with Crippen LogP contribution in [0.25, 0.3) is 5.69 Å². The number of anilines is 1. The van der Waals surface area contributed by atoms with Gasteiger partial charge in [0, 0.05) is 6.42 Å².